The molecule has 1 N–H and O–H groups in total. The molecule has 0 bridgehead atoms. The highest BCUT2D eigenvalue weighted by Gasteiger charge is 2.07. The Hall–Kier alpha value is -1.75. The summed E-state index contributed by atoms with van der Waals surface area (Å²) in [7, 11) is 0. The van der Waals surface area contributed by atoms with Gasteiger partial charge in [-0.25, -0.2) is 0 Å². The molecule has 1 amide bonds. The molecule has 1 heterocycles. The molecule has 0 aliphatic heterocycles. The number of benzene rings is 1. The third-order valence-electron chi connectivity index (χ3n) is 2.13. The van der Waals surface area contributed by atoms with Crippen molar-refractivity contribution in [3.8, 4) is 0 Å². The lowest BCUT2D eigenvalue weighted by Gasteiger charge is -2.00. The number of carbonyl (C=O) groups is 1. The molecular formula is C12H12N3OS. The van der Waals surface area contributed by atoms with Gasteiger partial charge >= 0.3 is 0 Å². The summed E-state index contributed by atoms with van der Waals surface area (Å²) >= 11 is 1.36. The van der Waals surface area contributed by atoms with Crippen LogP contribution in [0.5, 0.6) is 0 Å². The Kier molecular flexibility index (Phi) is 3.82. The van der Waals surface area contributed by atoms with E-state index in [2.05, 4.69) is 22.4 Å². The topological polar surface area (TPSA) is 54.9 Å². The largest absolute Gasteiger partial charge is 0.300 e. The van der Waals surface area contributed by atoms with Crippen LogP contribution in [0, 0.1) is 6.92 Å². The summed E-state index contributed by atoms with van der Waals surface area (Å²) in [5, 5.41) is 11.8. The molecule has 0 unspecified atom stereocenters. The average molecular weight is 246 g/mol. The molecule has 0 saturated heterocycles. The zero-order valence-corrected chi connectivity index (χ0v) is 10.0. The number of hydrogen-bond donors (Lipinski definition) is 1. The van der Waals surface area contributed by atoms with Crippen molar-refractivity contribution < 1.29 is 4.79 Å². The van der Waals surface area contributed by atoms with Crippen molar-refractivity contribution in [2.45, 2.75) is 12.8 Å². The minimum absolute atomic E-state index is 0.0806. The molecule has 0 spiro atoms. The SMILES string of the molecule is [CH2]Cc1nnc(NC(=O)Cc2ccccc2)s1. The van der Waals surface area contributed by atoms with E-state index in [1.807, 2.05) is 30.3 Å². The highest BCUT2D eigenvalue weighted by atomic mass is 32.1. The lowest BCUT2D eigenvalue weighted by molar-refractivity contribution is -0.115. The molecule has 2 rings (SSSR count). The zero-order chi connectivity index (χ0) is 12.1. The minimum Gasteiger partial charge on any atom is -0.300 e. The van der Waals surface area contributed by atoms with E-state index < -0.39 is 0 Å². The van der Waals surface area contributed by atoms with E-state index in [4.69, 9.17) is 0 Å². The Bertz CT molecular complexity index is 495. The standard InChI is InChI=1S/C12H12N3OS/c1-2-11-14-15-12(17-11)13-10(16)8-9-6-4-3-5-7-9/h3-7H,1-2,8H2,(H,13,15,16). The van der Waals surface area contributed by atoms with Gasteiger partial charge < -0.3 is 5.32 Å². The van der Waals surface area contributed by atoms with Gasteiger partial charge in [0.1, 0.15) is 5.01 Å². The molecule has 0 saturated carbocycles. The van der Waals surface area contributed by atoms with E-state index in [1.54, 1.807) is 0 Å². The van der Waals surface area contributed by atoms with E-state index in [0.717, 1.165) is 10.6 Å². The second-order valence-electron chi connectivity index (χ2n) is 3.46. The molecule has 4 nitrogen and oxygen atoms in total. The molecule has 1 aromatic carbocycles. The van der Waals surface area contributed by atoms with Crippen molar-refractivity contribution in [1.82, 2.24) is 10.2 Å². The predicted octanol–water partition coefficient (Wildman–Crippen LogP) is 2.10. The van der Waals surface area contributed by atoms with Gasteiger partial charge in [-0.1, -0.05) is 41.7 Å². The van der Waals surface area contributed by atoms with Crippen molar-refractivity contribution in [3.05, 3.63) is 47.8 Å². The Morgan fingerprint density at radius 2 is 2.06 bits per heavy atom. The first-order chi connectivity index (χ1) is 8.28. The van der Waals surface area contributed by atoms with Crippen LogP contribution >= 0.6 is 11.3 Å². The molecular weight excluding hydrogens is 234 g/mol. The Balaban J connectivity index is 1.93. The van der Waals surface area contributed by atoms with Gasteiger partial charge in [0.05, 0.1) is 6.42 Å². The van der Waals surface area contributed by atoms with Gasteiger partial charge in [0.25, 0.3) is 0 Å². The number of aromatic nitrogens is 2. The molecule has 0 atom stereocenters. The summed E-state index contributed by atoms with van der Waals surface area (Å²) in [6.45, 7) is 3.71. The first kappa shape index (κ1) is 11.7. The summed E-state index contributed by atoms with van der Waals surface area (Å²) in [5.41, 5.74) is 0.979. The van der Waals surface area contributed by atoms with Crippen LogP contribution in [0.2, 0.25) is 0 Å². The van der Waals surface area contributed by atoms with E-state index in [0.29, 0.717) is 18.0 Å². The number of amides is 1. The van der Waals surface area contributed by atoms with Gasteiger partial charge in [0.2, 0.25) is 11.0 Å². The molecule has 1 radical (unpaired) electrons. The van der Waals surface area contributed by atoms with Crippen molar-refractivity contribution in [1.29, 1.82) is 0 Å². The first-order valence-corrected chi connectivity index (χ1v) is 6.05. The summed E-state index contributed by atoms with van der Waals surface area (Å²) < 4.78 is 0. The molecule has 0 aliphatic rings. The van der Waals surface area contributed by atoms with E-state index in [-0.39, 0.29) is 5.91 Å². The van der Waals surface area contributed by atoms with Crippen LogP contribution in [0.15, 0.2) is 30.3 Å². The fourth-order valence-corrected chi connectivity index (χ4v) is 2.00. The van der Waals surface area contributed by atoms with Gasteiger partial charge in [-0.15, -0.1) is 10.2 Å². The summed E-state index contributed by atoms with van der Waals surface area (Å²) in [6, 6.07) is 9.58. The lowest BCUT2D eigenvalue weighted by Crippen LogP contribution is -2.14. The van der Waals surface area contributed by atoms with Gasteiger partial charge in [-0.2, -0.15) is 0 Å². The number of nitrogens with zero attached hydrogens (tertiary/aromatic N) is 2. The lowest BCUT2D eigenvalue weighted by atomic mass is 10.1. The van der Waals surface area contributed by atoms with Crippen molar-refractivity contribution in [3.63, 3.8) is 0 Å². The van der Waals surface area contributed by atoms with Crippen molar-refractivity contribution in [2.75, 3.05) is 5.32 Å². The summed E-state index contributed by atoms with van der Waals surface area (Å²) in [4.78, 5) is 11.7. The molecule has 1 aromatic heterocycles. The molecule has 17 heavy (non-hydrogen) atoms. The van der Waals surface area contributed by atoms with E-state index in [1.165, 1.54) is 11.3 Å². The van der Waals surface area contributed by atoms with Gasteiger partial charge in [0.15, 0.2) is 0 Å². The number of anilines is 1. The maximum absolute atomic E-state index is 11.7. The third kappa shape index (κ3) is 3.35. The van der Waals surface area contributed by atoms with Crippen LogP contribution in [0.4, 0.5) is 5.13 Å². The monoisotopic (exact) mass is 246 g/mol. The predicted molar refractivity (Wildman–Crippen MR) is 67.7 cm³/mol. The number of rotatable bonds is 4. The van der Waals surface area contributed by atoms with Gasteiger partial charge in [-0.05, 0) is 12.5 Å². The fourth-order valence-electron chi connectivity index (χ4n) is 1.35. The van der Waals surface area contributed by atoms with Crippen LogP contribution in [0.3, 0.4) is 0 Å². The fraction of sp³-hybridized carbons (Fsp3) is 0.167. The maximum Gasteiger partial charge on any atom is 0.230 e. The van der Waals surface area contributed by atoms with Crippen LogP contribution in [-0.2, 0) is 17.6 Å². The van der Waals surface area contributed by atoms with Crippen LogP contribution < -0.4 is 5.32 Å². The maximum atomic E-state index is 11.7. The van der Waals surface area contributed by atoms with Crippen molar-refractivity contribution >= 4 is 22.4 Å². The van der Waals surface area contributed by atoms with E-state index >= 15 is 0 Å². The molecule has 87 valence electrons. The highest BCUT2D eigenvalue weighted by Crippen LogP contribution is 2.15. The van der Waals surface area contributed by atoms with Gasteiger partial charge in [0, 0.05) is 6.42 Å². The molecule has 2 aromatic rings. The Labute approximate surface area is 104 Å². The molecule has 0 fully saturated rings. The number of carbonyl (C=O) groups excluding carboxylic acids is 1. The minimum atomic E-state index is -0.0806. The van der Waals surface area contributed by atoms with Crippen LogP contribution in [0.25, 0.3) is 0 Å². The third-order valence-corrected chi connectivity index (χ3v) is 3.03. The number of hydrogen-bond acceptors (Lipinski definition) is 4. The second kappa shape index (κ2) is 5.54. The van der Waals surface area contributed by atoms with Crippen LogP contribution in [-0.4, -0.2) is 16.1 Å². The Morgan fingerprint density at radius 1 is 1.29 bits per heavy atom. The van der Waals surface area contributed by atoms with Crippen LogP contribution in [0.1, 0.15) is 10.6 Å². The van der Waals surface area contributed by atoms with Crippen molar-refractivity contribution in [2.24, 2.45) is 0 Å². The smallest absolute Gasteiger partial charge is 0.230 e. The second-order valence-corrected chi connectivity index (χ2v) is 4.52. The number of nitrogens with one attached hydrogen (secondary N) is 1. The average Bonchev–Trinajstić information content (AvgIpc) is 2.78. The summed E-state index contributed by atoms with van der Waals surface area (Å²) in [5.74, 6) is -0.0806. The van der Waals surface area contributed by atoms with Gasteiger partial charge in [-0.3, -0.25) is 4.79 Å². The van der Waals surface area contributed by atoms with E-state index in [9.17, 15) is 4.79 Å². The Morgan fingerprint density at radius 3 is 2.71 bits per heavy atom. The molecule has 5 heteroatoms. The quantitative estimate of drug-likeness (QED) is 0.898. The summed E-state index contributed by atoms with van der Waals surface area (Å²) in [6.07, 6.45) is 0.937. The molecule has 0 aliphatic carbocycles. The zero-order valence-electron chi connectivity index (χ0n) is 9.22. The first-order valence-electron chi connectivity index (χ1n) is 5.23. The normalized spacial score (nSPS) is 10.2. The highest BCUT2D eigenvalue weighted by molar-refractivity contribution is 7.15.